The first-order valence-corrected chi connectivity index (χ1v) is 9.40. The molecule has 4 rings (SSSR count). The highest BCUT2D eigenvalue weighted by molar-refractivity contribution is 5.75. The van der Waals surface area contributed by atoms with Crippen molar-refractivity contribution in [3.63, 3.8) is 0 Å². The van der Waals surface area contributed by atoms with Crippen molar-refractivity contribution in [1.82, 2.24) is 15.2 Å². The van der Waals surface area contributed by atoms with E-state index >= 15 is 0 Å². The number of nitrogens with zero attached hydrogens (tertiary/aromatic N) is 2. The van der Waals surface area contributed by atoms with E-state index in [0.29, 0.717) is 13.1 Å². The molecule has 1 aromatic carbocycles. The minimum Gasteiger partial charge on any atom is -0.376 e. The molecule has 1 saturated heterocycles. The molecule has 26 heavy (non-hydrogen) atoms. The number of nitrogens with one attached hydrogen (secondary N) is 1. The Morgan fingerprint density at radius 3 is 2.54 bits per heavy atom. The standard InChI is InChI=1S/C21H25N3O2/c25-21(23-19-12-17-4-1-2-5-18(17)13-19)24(15-20-6-3-11-26-20)14-16-7-9-22-10-8-16/h1-2,4-5,7-10,19-20H,3,6,11-15H2,(H,23,25). The van der Waals surface area contributed by atoms with E-state index in [1.54, 1.807) is 12.4 Å². The topological polar surface area (TPSA) is 54.5 Å². The molecule has 1 N–H and O–H groups in total. The van der Waals surface area contributed by atoms with Gasteiger partial charge in [0.1, 0.15) is 0 Å². The molecule has 1 aromatic heterocycles. The van der Waals surface area contributed by atoms with E-state index in [2.05, 4.69) is 34.6 Å². The Morgan fingerprint density at radius 2 is 1.88 bits per heavy atom. The lowest BCUT2D eigenvalue weighted by atomic mass is 10.1. The molecule has 1 unspecified atom stereocenters. The predicted octanol–water partition coefficient (Wildman–Crippen LogP) is 2.94. The molecule has 1 aliphatic heterocycles. The second kappa shape index (κ2) is 7.87. The molecule has 0 saturated carbocycles. The van der Waals surface area contributed by atoms with Gasteiger partial charge < -0.3 is 15.0 Å². The fourth-order valence-corrected chi connectivity index (χ4v) is 3.89. The zero-order chi connectivity index (χ0) is 17.8. The summed E-state index contributed by atoms with van der Waals surface area (Å²) in [5.74, 6) is 0. The number of amides is 2. The monoisotopic (exact) mass is 351 g/mol. The highest BCUT2D eigenvalue weighted by atomic mass is 16.5. The minimum atomic E-state index is -0.00452. The molecular formula is C21H25N3O2. The van der Waals surface area contributed by atoms with Gasteiger partial charge in [0.25, 0.3) is 0 Å². The van der Waals surface area contributed by atoms with Crippen LogP contribution >= 0.6 is 0 Å². The van der Waals surface area contributed by atoms with Gasteiger partial charge >= 0.3 is 6.03 Å². The third-order valence-corrected chi connectivity index (χ3v) is 5.24. The lowest BCUT2D eigenvalue weighted by molar-refractivity contribution is 0.0789. The Hall–Kier alpha value is -2.40. The third kappa shape index (κ3) is 4.05. The summed E-state index contributed by atoms with van der Waals surface area (Å²) in [6.45, 7) is 2.01. The van der Waals surface area contributed by atoms with Crippen LogP contribution in [0.3, 0.4) is 0 Å². The van der Waals surface area contributed by atoms with Gasteiger partial charge in [0.2, 0.25) is 0 Å². The Balaban J connectivity index is 1.41. The Kier molecular flexibility index (Phi) is 5.16. The lowest BCUT2D eigenvalue weighted by Gasteiger charge is -2.27. The molecule has 2 amide bonds. The van der Waals surface area contributed by atoms with Crippen LogP contribution in [0.4, 0.5) is 4.79 Å². The highest BCUT2D eigenvalue weighted by Crippen LogP contribution is 2.22. The number of ether oxygens (including phenoxy) is 1. The number of benzene rings is 1. The van der Waals surface area contributed by atoms with Gasteiger partial charge in [-0.1, -0.05) is 24.3 Å². The van der Waals surface area contributed by atoms with Gasteiger partial charge in [-0.25, -0.2) is 4.79 Å². The molecule has 1 fully saturated rings. The highest BCUT2D eigenvalue weighted by Gasteiger charge is 2.27. The molecule has 2 heterocycles. The summed E-state index contributed by atoms with van der Waals surface area (Å²) in [5, 5.41) is 3.24. The fourth-order valence-electron chi connectivity index (χ4n) is 3.89. The molecular weight excluding hydrogens is 326 g/mol. The van der Waals surface area contributed by atoms with Crippen LogP contribution < -0.4 is 5.32 Å². The molecule has 1 atom stereocenters. The molecule has 1 aliphatic carbocycles. The van der Waals surface area contributed by atoms with E-state index in [0.717, 1.165) is 37.9 Å². The summed E-state index contributed by atoms with van der Waals surface area (Å²) in [6, 6.07) is 12.5. The van der Waals surface area contributed by atoms with Crippen molar-refractivity contribution >= 4 is 6.03 Å². The van der Waals surface area contributed by atoms with Crippen LogP contribution in [-0.4, -0.2) is 41.2 Å². The summed E-state index contributed by atoms with van der Waals surface area (Å²) in [6.07, 6.45) is 7.59. The number of urea groups is 1. The molecule has 2 aliphatic rings. The van der Waals surface area contributed by atoms with Crippen molar-refractivity contribution in [3.05, 3.63) is 65.5 Å². The van der Waals surface area contributed by atoms with Crippen molar-refractivity contribution in [2.75, 3.05) is 13.2 Å². The van der Waals surface area contributed by atoms with Crippen molar-refractivity contribution in [2.45, 2.75) is 44.4 Å². The van der Waals surface area contributed by atoms with E-state index in [1.165, 1.54) is 11.1 Å². The number of fused-ring (bicyclic) bond motifs is 1. The van der Waals surface area contributed by atoms with Crippen molar-refractivity contribution < 1.29 is 9.53 Å². The van der Waals surface area contributed by atoms with Crippen LogP contribution in [0.1, 0.15) is 29.5 Å². The first-order chi connectivity index (χ1) is 12.8. The van der Waals surface area contributed by atoms with Gasteiger partial charge in [-0.15, -0.1) is 0 Å². The maximum atomic E-state index is 13.0. The van der Waals surface area contributed by atoms with E-state index in [4.69, 9.17) is 4.74 Å². The van der Waals surface area contributed by atoms with Crippen molar-refractivity contribution in [3.8, 4) is 0 Å². The summed E-state index contributed by atoms with van der Waals surface area (Å²) in [4.78, 5) is 18.9. The Bertz CT molecular complexity index is 719. The predicted molar refractivity (Wildman–Crippen MR) is 99.8 cm³/mol. The maximum Gasteiger partial charge on any atom is 0.318 e. The third-order valence-electron chi connectivity index (χ3n) is 5.24. The van der Waals surface area contributed by atoms with E-state index in [9.17, 15) is 4.79 Å². The van der Waals surface area contributed by atoms with Crippen LogP contribution in [0, 0.1) is 0 Å². The summed E-state index contributed by atoms with van der Waals surface area (Å²) in [7, 11) is 0. The maximum absolute atomic E-state index is 13.0. The van der Waals surface area contributed by atoms with Crippen LogP contribution in [0.2, 0.25) is 0 Å². The fraction of sp³-hybridized carbons (Fsp3) is 0.429. The number of carbonyl (C=O) groups is 1. The lowest BCUT2D eigenvalue weighted by Crippen LogP contribution is -2.47. The average Bonchev–Trinajstić information content (AvgIpc) is 3.31. The minimum absolute atomic E-state index is 0.00452. The number of rotatable bonds is 5. The number of carbonyl (C=O) groups excluding carboxylic acids is 1. The van der Waals surface area contributed by atoms with Crippen molar-refractivity contribution in [2.24, 2.45) is 0 Å². The van der Waals surface area contributed by atoms with Crippen LogP contribution in [0.5, 0.6) is 0 Å². The normalized spacial score (nSPS) is 19.3. The molecule has 0 bridgehead atoms. The Labute approximate surface area is 154 Å². The van der Waals surface area contributed by atoms with Crippen LogP contribution in [0.15, 0.2) is 48.8 Å². The molecule has 0 spiro atoms. The van der Waals surface area contributed by atoms with Gasteiger partial charge in [-0.2, -0.15) is 0 Å². The SMILES string of the molecule is O=C(NC1Cc2ccccc2C1)N(Cc1ccncc1)CC1CCCO1. The summed E-state index contributed by atoms with van der Waals surface area (Å²) >= 11 is 0. The molecule has 136 valence electrons. The zero-order valence-electron chi connectivity index (χ0n) is 14.9. The van der Waals surface area contributed by atoms with Gasteiger partial charge in [0, 0.05) is 38.1 Å². The number of hydrogen-bond acceptors (Lipinski definition) is 3. The number of aromatic nitrogens is 1. The van der Waals surface area contributed by atoms with E-state index in [1.807, 2.05) is 17.0 Å². The largest absolute Gasteiger partial charge is 0.376 e. The Morgan fingerprint density at radius 1 is 1.15 bits per heavy atom. The molecule has 5 nitrogen and oxygen atoms in total. The van der Waals surface area contributed by atoms with E-state index < -0.39 is 0 Å². The van der Waals surface area contributed by atoms with E-state index in [-0.39, 0.29) is 18.2 Å². The molecule has 5 heteroatoms. The first kappa shape index (κ1) is 17.0. The van der Waals surface area contributed by atoms with Crippen molar-refractivity contribution in [1.29, 1.82) is 0 Å². The zero-order valence-corrected chi connectivity index (χ0v) is 14.9. The quantitative estimate of drug-likeness (QED) is 0.901. The smallest absolute Gasteiger partial charge is 0.318 e. The van der Waals surface area contributed by atoms with Gasteiger partial charge in [-0.3, -0.25) is 4.98 Å². The number of hydrogen-bond donors (Lipinski definition) is 1. The molecule has 0 radical (unpaired) electrons. The summed E-state index contributed by atoms with van der Waals surface area (Å²) < 4.78 is 5.76. The number of pyridine rings is 1. The molecule has 2 aromatic rings. The van der Waals surface area contributed by atoms with Gasteiger partial charge in [-0.05, 0) is 54.5 Å². The second-order valence-corrected chi connectivity index (χ2v) is 7.19. The van der Waals surface area contributed by atoms with Crippen LogP contribution in [0.25, 0.3) is 0 Å². The first-order valence-electron chi connectivity index (χ1n) is 9.40. The summed E-state index contributed by atoms with van der Waals surface area (Å²) in [5.41, 5.74) is 3.78. The van der Waals surface area contributed by atoms with Gasteiger partial charge in [0.05, 0.1) is 6.10 Å². The van der Waals surface area contributed by atoms with Gasteiger partial charge in [0.15, 0.2) is 0 Å². The second-order valence-electron chi connectivity index (χ2n) is 7.19. The van der Waals surface area contributed by atoms with Crippen LogP contribution in [-0.2, 0) is 24.1 Å². The average molecular weight is 351 g/mol.